The molecule has 1 aliphatic carbocycles. The van der Waals surface area contributed by atoms with Crippen LogP contribution in [0.4, 0.5) is 0 Å². The smallest absolute Gasteiger partial charge is 0.226 e. The molecule has 150 valence electrons. The molecule has 1 N–H and O–H groups in total. The Labute approximate surface area is 171 Å². The Kier molecular flexibility index (Phi) is 5.65. The monoisotopic (exact) mass is 389 g/mol. The van der Waals surface area contributed by atoms with E-state index in [2.05, 4.69) is 18.3 Å². The highest BCUT2D eigenvalue weighted by molar-refractivity contribution is 5.76. The maximum Gasteiger partial charge on any atom is 0.226 e. The van der Waals surface area contributed by atoms with Gasteiger partial charge in [-0.15, -0.1) is 0 Å². The van der Waals surface area contributed by atoms with Crippen LogP contribution in [0.2, 0.25) is 0 Å². The molecular formula is C24H27N3O2. The van der Waals surface area contributed by atoms with Gasteiger partial charge in [-0.05, 0) is 62.8 Å². The van der Waals surface area contributed by atoms with E-state index in [1.165, 1.54) is 12.8 Å². The summed E-state index contributed by atoms with van der Waals surface area (Å²) in [5, 5.41) is 7.80. The Balaban J connectivity index is 1.62. The molecule has 1 aromatic heterocycles. The van der Waals surface area contributed by atoms with Crippen LogP contribution in [0.5, 0.6) is 11.6 Å². The zero-order valence-corrected chi connectivity index (χ0v) is 17.0. The summed E-state index contributed by atoms with van der Waals surface area (Å²) in [6, 6.07) is 17.8. The van der Waals surface area contributed by atoms with Crippen molar-refractivity contribution < 1.29 is 9.53 Å². The van der Waals surface area contributed by atoms with E-state index >= 15 is 0 Å². The molecule has 4 rings (SSSR count). The summed E-state index contributed by atoms with van der Waals surface area (Å²) < 4.78 is 8.14. The van der Waals surface area contributed by atoms with Gasteiger partial charge in [-0.2, -0.15) is 9.78 Å². The van der Waals surface area contributed by atoms with Gasteiger partial charge >= 0.3 is 0 Å². The van der Waals surface area contributed by atoms with Crippen LogP contribution in [-0.2, 0) is 11.2 Å². The Hall–Kier alpha value is -3.08. The number of aromatic nitrogens is 2. The van der Waals surface area contributed by atoms with Crippen LogP contribution in [0.25, 0.3) is 5.69 Å². The lowest BCUT2D eigenvalue weighted by Crippen LogP contribution is -2.25. The maximum absolute atomic E-state index is 12.3. The van der Waals surface area contributed by atoms with Crippen LogP contribution < -0.4 is 10.1 Å². The van der Waals surface area contributed by atoms with Crippen molar-refractivity contribution in [3.8, 4) is 17.3 Å². The van der Waals surface area contributed by atoms with E-state index in [-0.39, 0.29) is 5.91 Å². The SMILES string of the molecule is Cc1ccccc1-n1nc(C)c(CCC(=O)NCC2CC2)c1Oc1ccccc1. The van der Waals surface area contributed by atoms with Gasteiger partial charge in [0.25, 0.3) is 0 Å². The van der Waals surface area contributed by atoms with Gasteiger partial charge in [0.15, 0.2) is 0 Å². The number of ether oxygens (including phenoxy) is 1. The molecule has 0 spiro atoms. The summed E-state index contributed by atoms with van der Waals surface area (Å²) in [6.45, 7) is 4.83. The number of benzene rings is 2. The van der Waals surface area contributed by atoms with Crippen LogP contribution >= 0.6 is 0 Å². The van der Waals surface area contributed by atoms with Crippen molar-refractivity contribution in [1.29, 1.82) is 0 Å². The second kappa shape index (κ2) is 8.52. The lowest BCUT2D eigenvalue weighted by Gasteiger charge is -2.13. The molecule has 0 atom stereocenters. The molecule has 0 saturated heterocycles. The molecule has 0 unspecified atom stereocenters. The van der Waals surface area contributed by atoms with Gasteiger partial charge in [-0.1, -0.05) is 36.4 Å². The largest absolute Gasteiger partial charge is 0.439 e. The highest BCUT2D eigenvalue weighted by Gasteiger charge is 2.23. The van der Waals surface area contributed by atoms with E-state index in [9.17, 15) is 4.79 Å². The summed E-state index contributed by atoms with van der Waals surface area (Å²) in [5.74, 6) is 2.20. The van der Waals surface area contributed by atoms with E-state index in [1.807, 2.05) is 60.1 Å². The molecule has 0 radical (unpaired) electrons. The molecule has 1 fully saturated rings. The van der Waals surface area contributed by atoms with Crippen LogP contribution in [0.3, 0.4) is 0 Å². The highest BCUT2D eigenvalue weighted by atomic mass is 16.5. The molecule has 1 amide bonds. The Morgan fingerprint density at radius 1 is 1.10 bits per heavy atom. The average Bonchev–Trinajstić information content (AvgIpc) is 3.51. The second-order valence-corrected chi connectivity index (χ2v) is 7.73. The van der Waals surface area contributed by atoms with E-state index in [0.717, 1.165) is 34.8 Å². The summed E-state index contributed by atoms with van der Waals surface area (Å²) in [5.41, 5.74) is 3.94. The number of hydrogen-bond donors (Lipinski definition) is 1. The van der Waals surface area contributed by atoms with Crippen molar-refractivity contribution >= 4 is 5.91 Å². The average molecular weight is 389 g/mol. The highest BCUT2D eigenvalue weighted by Crippen LogP contribution is 2.32. The predicted molar refractivity (Wildman–Crippen MR) is 114 cm³/mol. The molecule has 3 aromatic rings. The number of nitrogens with one attached hydrogen (secondary N) is 1. The number of rotatable bonds is 8. The van der Waals surface area contributed by atoms with Crippen molar-refractivity contribution in [2.24, 2.45) is 5.92 Å². The van der Waals surface area contributed by atoms with E-state index < -0.39 is 0 Å². The first-order chi connectivity index (χ1) is 14.1. The molecule has 5 nitrogen and oxygen atoms in total. The minimum absolute atomic E-state index is 0.0885. The Morgan fingerprint density at radius 2 is 1.83 bits per heavy atom. The quantitative estimate of drug-likeness (QED) is 0.605. The summed E-state index contributed by atoms with van der Waals surface area (Å²) in [4.78, 5) is 12.3. The third-order valence-electron chi connectivity index (χ3n) is 5.33. The van der Waals surface area contributed by atoms with Gasteiger partial charge in [0, 0.05) is 18.5 Å². The number of carbonyl (C=O) groups excluding carboxylic acids is 1. The first-order valence-electron chi connectivity index (χ1n) is 10.3. The summed E-state index contributed by atoms with van der Waals surface area (Å²) in [6.07, 6.45) is 3.49. The zero-order chi connectivity index (χ0) is 20.2. The number of amides is 1. The number of aryl methyl sites for hydroxylation is 2. The molecule has 5 heteroatoms. The van der Waals surface area contributed by atoms with E-state index in [1.54, 1.807) is 0 Å². The molecule has 2 aromatic carbocycles. The minimum atomic E-state index is 0.0885. The topological polar surface area (TPSA) is 56.2 Å². The second-order valence-electron chi connectivity index (χ2n) is 7.73. The molecule has 0 bridgehead atoms. The Morgan fingerprint density at radius 3 is 2.55 bits per heavy atom. The zero-order valence-electron chi connectivity index (χ0n) is 17.0. The summed E-state index contributed by atoms with van der Waals surface area (Å²) in [7, 11) is 0. The van der Waals surface area contributed by atoms with Crippen molar-refractivity contribution in [3.05, 3.63) is 71.4 Å². The molecule has 29 heavy (non-hydrogen) atoms. The lowest BCUT2D eigenvalue weighted by molar-refractivity contribution is -0.121. The van der Waals surface area contributed by atoms with Crippen LogP contribution in [0, 0.1) is 19.8 Å². The van der Waals surface area contributed by atoms with Crippen LogP contribution in [-0.4, -0.2) is 22.2 Å². The molecule has 0 aliphatic heterocycles. The standard InChI is InChI=1S/C24H27N3O2/c1-17-8-6-7-11-22(17)27-24(29-20-9-4-3-5-10-20)21(18(2)26-27)14-15-23(28)25-16-19-12-13-19/h3-11,19H,12-16H2,1-2H3,(H,25,28). The van der Waals surface area contributed by atoms with Gasteiger partial charge in [-0.25, -0.2) is 0 Å². The van der Waals surface area contributed by atoms with E-state index in [0.29, 0.717) is 24.6 Å². The third kappa shape index (κ3) is 4.67. The fourth-order valence-corrected chi connectivity index (χ4v) is 3.40. The number of carbonyl (C=O) groups is 1. The van der Waals surface area contributed by atoms with Gasteiger partial charge < -0.3 is 10.1 Å². The van der Waals surface area contributed by atoms with Crippen molar-refractivity contribution in [2.75, 3.05) is 6.54 Å². The predicted octanol–water partition coefficient (Wildman–Crippen LogP) is 4.74. The van der Waals surface area contributed by atoms with Gasteiger partial charge in [0.1, 0.15) is 5.75 Å². The fraction of sp³-hybridized carbons (Fsp3) is 0.333. The molecular weight excluding hydrogens is 362 g/mol. The molecule has 1 saturated carbocycles. The molecule has 1 heterocycles. The van der Waals surface area contributed by atoms with Crippen LogP contribution in [0.1, 0.15) is 36.1 Å². The van der Waals surface area contributed by atoms with Crippen LogP contribution in [0.15, 0.2) is 54.6 Å². The van der Waals surface area contributed by atoms with E-state index in [4.69, 9.17) is 9.84 Å². The van der Waals surface area contributed by atoms with Gasteiger partial charge in [0.05, 0.1) is 11.4 Å². The number of hydrogen-bond acceptors (Lipinski definition) is 3. The summed E-state index contributed by atoms with van der Waals surface area (Å²) >= 11 is 0. The number of para-hydroxylation sites is 2. The minimum Gasteiger partial charge on any atom is -0.439 e. The lowest BCUT2D eigenvalue weighted by atomic mass is 10.1. The normalized spacial score (nSPS) is 13.3. The van der Waals surface area contributed by atoms with Crippen molar-refractivity contribution in [2.45, 2.75) is 39.5 Å². The first kappa shape index (κ1) is 19.2. The Bertz CT molecular complexity index is 991. The van der Waals surface area contributed by atoms with Crippen molar-refractivity contribution in [1.82, 2.24) is 15.1 Å². The molecule has 1 aliphatic rings. The first-order valence-corrected chi connectivity index (χ1v) is 10.3. The van der Waals surface area contributed by atoms with Gasteiger partial charge in [0.2, 0.25) is 11.8 Å². The van der Waals surface area contributed by atoms with Crippen molar-refractivity contribution in [3.63, 3.8) is 0 Å². The third-order valence-corrected chi connectivity index (χ3v) is 5.33. The fourth-order valence-electron chi connectivity index (χ4n) is 3.40. The maximum atomic E-state index is 12.3. The number of nitrogens with zero attached hydrogens (tertiary/aromatic N) is 2. The van der Waals surface area contributed by atoms with Gasteiger partial charge in [-0.3, -0.25) is 4.79 Å².